The molecule has 0 bridgehead atoms. The van der Waals surface area contributed by atoms with Crippen LogP contribution in [-0.4, -0.2) is 0 Å². The van der Waals surface area contributed by atoms with Crippen LogP contribution in [0.5, 0.6) is 0 Å². The van der Waals surface area contributed by atoms with Gasteiger partial charge in [-0.15, -0.1) is 0 Å². The highest BCUT2D eigenvalue weighted by Gasteiger charge is 2.24. The van der Waals surface area contributed by atoms with E-state index >= 15 is 0 Å². The van der Waals surface area contributed by atoms with Gasteiger partial charge in [-0.3, -0.25) is 0 Å². The van der Waals surface area contributed by atoms with E-state index in [0.717, 1.165) is 18.8 Å². The van der Waals surface area contributed by atoms with Crippen molar-refractivity contribution in [2.45, 2.75) is 71.8 Å². The number of rotatable bonds is 8. The second kappa shape index (κ2) is 7.69. The van der Waals surface area contributed by atoms with Gasteiger partial charge in [0, 0.05) is 5.54 Å². The lowest BCUT2D eigenvalue weighted by Crippen LogP contribution is -2.35. The molecule has 2 N–H and O–H groups in total. The molecule has 2 unspecified atom stereocenters. The SMILES string of the molecule is CCCCC(CC)CC(C)(N)c1ccc(CC)cc1. The largest absolute Gasteiger partial charge is 0.322 e. The molecule has 2 atom stereocenters. The Balaban J connectivity index is 2.71. The van der Waals surface area contributed by atoms with Crippen LogP contribution in [-0.2, 0) is 12.0 Å². The summed E-state index contributed by atoms with van der Waals surface area (Å²) in [4.78, 5) is 0. The summed E-state index contributed by atoms with van der Waals surface area (Å²) in [6, 6.07) is 8.86. The van der Waals surface area contributed by atoms with Crippen molar-refractivity contribution in [3.63, 3.8) is 0 Å². The molecule has 1 aromatic rings. The minimum Gasteiger partial charge on any atom is -0.322 e. The summed E-state index contributed by atoms with van der Waals surface area (Å²) in [5.41, 5.74) is 9.05. The highest BCUT2D eigenvalue weighted by molar-refractivity contribution is 5.27. The average molecular weight is 261 g/mol. The summed E-state index contributed by atoms with van der Waals surface area (Å²) in [6.45, 7) is 8.92. The quantitative estimate of drug-likeness (QED) is 0.698. The Morgan fingerprint density at radius 1 is 1.11 bits per heavy atom. The van der Waals surface area contributed by atoms with Crippen molar-refractivity contribution in [1.82, 2.24) is 0 Å². The Bertz CT molecular complexity index is 350. The van der Waals surface area contributed by atoms with Gasteiger partial charge in [-0.2, -0.15) is 0 Å². The Morgan fingerprint density at radius 2 is 1.74 bits per heavy atom. The molecule has 19 heavy (non-hydrogen) atoms. The zero-order chi connectivity index (χ0) is 14.3. The van der Waals surface area contributed by atoms with E-state index in [1.807, 2.05) is 0 Å². The van der Waals surface area contributed by atoms with Crippen molar-refractivity contribution in [3.8, 4) is 0 Å². The molecule has 1 rings (SSSR count). The number of unbranched alkanes of at least 4 members (excludes halogenated alkanes) is 1. The van der Waals surface area contributed by atoms with E-state index in [0.29, 0.717) is 0 Å². The van der Waals surface area contributed by atoms with E-state index in [-0.39, 0.29) is 5.54 Å². The van der Waals surface area contributed by atoms with Gasteiger partial charge >= 0.3 is 0 Å². The maximum Gasteiger partial charge on any atom is 0.0383 e. The van der Waals surface area contributed by atoms with E-state index in [9.17, 15) is 0 Å². The zero-order valence-electron chi connectivity index (χ0n) is 13.2. The summed E-state index contributed by atoms with van der Waals surface area (Å²) < 4.78 is 0. The minimum atomic E-state index is -0.194. The van der Waals surface area contributed by atoms with Gasteiger partial charge in [0.05, 0.1) is 0 Å². The lowest BCUT2D eigenvalue weighted by Gasteiger charge is -2.30. The van der Waals surface area contributed by atoms with Crippen molar-refractivity contribution in [2.75, 3.05) is 0 Å². The highest BCUT2D eigenvalue weighted by Crippen LogP contribution is 2.30. The van der Waals surface area contributed by atoms with Crippen molar-refractivity contribution in [1.29, 1.82) is 0 Å². The molecule has 0 radical (unpaired) electrons. The van der Waals surface area contributed by atoms with E-state index in [2.05, 4.69) is 52.0 Å². The van der Waals surface area contributed by atoms with E-state index < -0.39 is 0 Å². The molecular formula is C18H31N. The fourth-order valence-electron chi connectivity index (χ4n) is 2.78. The van der Waals surface area contributed by atoms with Crippen molar-refractivity contribution < 1.29 is 0 Å². The van der Waals surface area contributed by atoms with Crippen LogP contribution in [0.25, 0.3) is 0 Å². The van der Waals surface area contributed by atoms with Gasteiger partial charge in [-0.05, 0) is 36.8 Å². The lowest BCUT2D eigenvalue weighted by atomic mass is 9.80. The number of nitrogens with two attached hydrogens (primary N) is 1. The smallest absolute Gasteiger partial charge is 0.0383 e. The van der Waals surface area contributed by atoms with Gasteiger partial charge in [-0.1, -0.05) is 70.7 Å². The van der Waals surface area contributed by atoms with Crippen LogP contribution in [0.1, 0.15) is 70.9 Å². The molecule has 1 heteroatoms. The number of aryl methyl sites for hydroxylation is 1. The molecule has 0 amide bonds. The standard InChI is InChI=1S/C18H31N/c1-5-8-9-16(7-3)14-18(4,19)17-12-10-15(6-2)11-13-17/h10-13,16H,5-9,14,19H2,1-4H3. The van der Waals surface area contributed by atoms with Gasteiger partial charge in [0.15, 0.2) is 0 Å². The van der Waals surface area contributed by atoms with E-state index in [4.69, 9.17) is 5.73 Å². The molecule has 1 nitrogen and oxygen atoms in total. The van der Waals surface area contributed by atoms with Crippen molar-refractivity contribution in [2.24, 2.45) is 11.7 Å². The summed E-state index contributed by atoms with van der Waals surface area (Å²) in [5, 5.41) is 0. The zero-order valence-corrected chi connectivity index (χ0v) is 13.2. The Morgan fingerprint density at radius 3 is 2.21 bits per heavy atom. The first kappa shape index (κ1) is 16.2. The summed E-state index contributed by atoms with van der Waals surface area (Å²) in [7, 11) is 0. The van der Waals surface area contributed by atoms with Gasteiger partial charge in [0.2, 0.25) is 0 Å². The summed E-state index contributed by atoms with van der Waals surface area (Å²) in [6.07, 6.45) is 7.34. The Kier molecular flexibility index (Phi) is 6.57. The van der Waals surface area contributed by atoms with Gasteiger partial charge in [-0.25, -0.2) is 0 Å². The van der Waals surface area contributed by atoms with Crippen LogP contribution in [0.3, 0.4) is 0 Å². The maximum atomic E-state index is 6.58. The highest BCUT2D eigenvalue weighted by atomic mass is 14.7. The van der Waals surface area contributed by atoms with E-state index in [1.165, 1.54) is 36.8 Å². The van der Waals surface area contributed by atoms with Crippen molar-refractivity contribution in [3.05, 3.63) is 35.4 Å². The third-order valence-corrected chi connectivity index (χ3v) is 4.28. The van der Waals surface area contributed by atoms with Gasteiger partial charge in [0.25, 0.3) is 0 Å². The van der Waals surface area contributed by atoms with Gasteiger partial charge < -0.3 is 5.73 Å². The molecule has 0 fully saturated rings. The molecular weight excluding hydrogens is 230 g/mol. The number of hydrogen-bond acceptors (Lipinski definition) is 1. The predicted octanol–water partition coefficient (Wildman–Crippen LogP) is 5.03. The second-order valence-corrected chi connectivity index (χ2v) is 6.09. The third kappa shape index (κ3) is 4.99. The van der Waals surface area contributed by atoms with Gasteiger partial charge in [0.1, 0.15) is 0 Å². The fourth-order valence-corrected chi connectivity index (χ4v) is 2.78. The monoisotopic (exact) mass is 261 g/mol. The molecule has 0 saturated carbocycles. The van der Waals surface area contributed by atoms with Crippen LogP contribution in [0.15, 0.2) is 24.3 Å². The van der Waals surface area contributed by atoms with Crippen LogP contribution in [0.4, 0.5) is 0 Å². The van der Waals surface area contributed by atoms with E-state index in [1.54, 1.807) is 0 Å². The predicted molar refractivity (Wildman–Crippen MR) is 85.3 cm³/mol. The van der Waals surface area contributed by atoms with Crippen molar-refractivity contribution >= 4 is 0 Å². The lowest BCUT2D eigenvalue weighted by molar-refractivity contribution is 0.315. The topological polar surface area (TPSA) is 26.0 Å². The molecule has 0 spiro atoms. The Labute approximate surface area is 119 Å². The second-order valence-electron chi connectivity index (χ2n) is 6.09. The summed E-state index contributed by atoms with van der Waals surface area (Å²) >= 11 is 0. The molecule has 0 saturated heterocycles. The number of hydrogen-bond donors (Lipinski definition) is 1. The van der Waals surface area contributed by atoms with Crippen LogP contribution < -0.4 is 5.73 Å². The molecule has 0 aromatic heterocycles. The molecule has 1 aromatic carbocycles. The first-order chi connectivity index (χ1) is 9.03. The Hall–Kier alpha value is -0.820. The number of benzene rings is 1. The third-order valence-electron chi connectivity index (χ3n) is 4.28. The molecule has 0 heterocycles. The molecule has 108 valence electrons. The fraction of sp³-hybridized carbons (Fsp3) is 0.667. The normalized spacial score (nSPS) is 16.1. The maximum absolute atomic E-state index is 6.58. The minimum absolute atomic E-state index is 0.194. The average Bonchev–Trinajstić information content (AvgIpc) is 2.43. The van der Waals surface area contributed by atoms with Crippen LogP contribution in [0, 0.1) is 5.92 Å². The van der Waals surface area contributed by atoms with Crippen LogP contribution >= 0.6 is 0 Å². The molecule has 0 aliphatic heterocycles. The first-order valence-corrected chi connectivity index (χ1v) is 7.91. The first-order valence-electron chi connectivity index (χ1n) is 7.91. The summed E-state index contributed by atoms with van der Waals surface area (Å²) in [5.74, 6) is 0.751. The van der Waals surface area contributed by atoms with Crippen LogP contribution in [0.2, 0.25) is 0 Å². The molecule has 0 aliphatic rings. The molecule has 0 aliphatic carbocycles.